The van der Waals surface area contributed by atoms with E-state index in [9.17, 15) is 14.3 Å². The van der Waals surface area contributed by atoms with E-state index in [1.807, 2.05) is 26.0 Å². The van der Waals surface area contributed by atoms with E-state index in [1.54, 1.807) is 24.3 Å². The van der Waals surface area contributed by atoms with Gasteiger partial charge < -0.3 is 4.89 Å². The number of hydrogen-bond acceptors (Lipinski definition) is 2. The van der Waals surface area contributed by atoms with E-state index in [0.717, 1.165) is 11.1 Å². The van der Waals surface area contributed by atoms with Crippen molar-refractivity contribution in [2.45, 2.75) is 13.8 Å². The molecule has 0 aromatic heterocycles. The molecule has 0 aliphatic heterocycles. The zero-order valence-electron chi connectivity index (χ0n) is 11.8. The lowest BCUT2D eigenvalue weighted by atomic mass is 9.97. The molecule has 0 fully saturated rings. The molecule has 0 bridgehead atoms. The highest BCUT2D eigenvalue weighted by molar-refractivity contribution is 7.65. The van der Waals surface area contributed by atoms with E-state index in [0.29, 0.717) is 11.1 Å². The van der Waals surface area contributed by atoms with Crippen LogP contribution in [-0.4, -0.2) is 17.3 Å². The summed E-state index contributed by atoms with van der Waals surface area (Å²) in [5.74, 6) is -0.214. The molecule has 4 heteroatoms. The minimum Gasteiger partial charge on any atom is -0.341 e. The van der Waals surface area contributed by atoms with Crippen LogP contribution in [0.25, 0.3) is 0 Å². The van der Waals surface area contributed by atoms with Crippen molar-refractivity contribution in [3.63, 3.8) is 0 Å². The number of carbonyl (C=O) groups is 1. The van der Waals surface area contributed by atoms with Crippen LogP contribution >= 0.6 is 7.37 Å². The molecule has 1 atom stereocenters. The van der Waals surface area contributed by atoms with Crippen LogP contribution in [0, 0.1) is 13.8 Å². The van der Waals surface area contributed by atoms with Crippen LogP contribution in [0.2, 0.25) is 0 Å². The molecule has 1 unspecified atom stereocenters. The van der Waals surface area contributed by atoms with Gasteiger partial charge in [-0.05, 0) is 25.5 Å². The Morgan fingerprint density at radius 3 is 2.30 bits per heavy atom. The number of benzene rings is 2. The summed E-state index contributed by atoms with van der Waals surface area (Å²) in [6.07, 6.45) is 0. The van der Waals surface area contributed by atoms with Gasteiger partial charge in [-0.1, -0.05) is 42.0 Å². The first-order valence-electron chi connectivity index (χ1n) is 6.32. The van der Waals surface area contributed by atoms with Gasteiger partial charge in [0, 0.05) is 23.1 Å². The predicted octanol–water partition coefficient (Wildman–Crippen LogP) is 3.06. The molecule has 1 N–H and O–H groups in total. The molecule has 3 nitrogen and oxygen atoms in total. The topological polar surface area (TPSA) is 54.4 Å². The lowest BCUT2D eigenvalue weighted by Crippen LogP contribution is -2.17. The second-order valence-electron chi connectivity index (χ2n) is 5.04. The summed E-state index contributed by atoms with van der Waals surface area (Å²) >= 11 is 0. The Kier molecular flexibility index (Phi) is 3.94. The fraction of sp³-hybridized carbons (Fsp3) is 0.188. The van der Waals surface area contributed by atoms with Gasteiger partial charge in [0.25, 0.3) is 0 Å². The molecular weight excluding hydrogens is 271 g/mol. The lowest BCUT2D eigenvalue weighted by molar-refractivity contribution is 0.103. The number of ketones is 1. The van der Waals surface area contributed by atoms with Gasteiger partial charge in [-0.2, -0.15) is 0 Å². The van der Waals surface area contributed by atoms with Gasteiger partial charge in [-0.3, -0.25) is 9.36 Å². The van der Waals surface area contributed by atoms with Crippen LogP contribution in [0.15, 0.2) is 42.5 Å². The Balaban J connectivity index is 2.57. The third kappa shape index (κ3) is 2.90. The SMILES string of the molecule is Cc1ccc(C(=O)c2ccccc2P(C)(=O)O)c(C)c1. The maximum Gasteiger partial charge on any atom is 0.227 e. The van der Waals surface area contributed by atoms with Crippen LogP contribution in [0.1, 0.15) is 27.0 Å². The molecule has 0 saturated carbocycles. The number of rotatable bonds is 3. The van der Waals surface area contributed by atoms with Crippen molar-refractivity contribution in [1.29, 1.82) is 0 Å². The van der Waals surface area contributed by atoms with Gasteiger partial charge in [0.15, 0.2) is 5.78 Å². The summed E-state index contributed by atoms with van der Waals surface area (Å²) in [7, 11) is -3.48. The highest BCUT2D eigenvalue weighted by atomic mass is 31.2. The maximum absolute atomic E-state index is 12.6. The van der Waals surface area contributed by atoms with Crippen molar-refractivity contribution in [2.24, 2.45) is 0 Å². The van der Waals surface area contributed by atoms with Crippen LogP contribution in [0.5, 0.6) is 0 Å². The van der Waals surface area contributed by atoms with E-state index < -0.39 is 7.37 Å². The minimum atomic E-state index is -3.48. The molecule has 0 amide bonds. The summed E-state index contributed by atoms with van der Waals surface area (Å²) in [4.78, 5) is 22.4. The highest BCUT2D eigenvalue weighted by Gasteiger charge is 2.23. The van der Waals surface area contributed by atoms with Gasteiger partial charge in [0.1, 0.15) is 0 Å². The zero-order chi connectivity index (χ0) is 14.9. The van der Waals surface area contributed by atoms with Crippen molar-refractivity contribution >= 4 is 18.5 Å². The first-order chi connectivity index (χ1) is 9.30. The molecule has 0 saturated heterocycles. The van der Waals surface area contributed by atoms with E-state index in [-0.39, 0.29) is 11.1 Å². The molecule has 104 valence electrons. The molecule has 0 spiro atoms. The average Bonchev–Trinajstić information content (AvgIpc) is 2.37. The Bertz CT molecular complexity index is 713. The predicted molar refractivity (Wildman–Crippen MR) is 81.2 cm³/mol. The van der Waals surface area contributed by atoms with E-state index >= 15 is 0 Å². The third-order valence-corrected chi connectivity index (χ3v) is 4.51. The van der Waals surface area contributed by atoms with Gasteiger partial charge >= 0.3 is 0 Å². The monoisotopic (exact) mass is 288 g/mol. The largest absolute Gasteiger partial charge is 0.341 e. The third-order valence-electron chi connectivity index (χ3n) is 3.22. The van der Waals surface area contributed by atoms with Crippen LogP contribution < -0.4 is 5.30 Å². The summed E-state index contributed by atoms with van der Waals surface area (Å²) in [6.45, 7) is 5.08. The quantitative estimate of drug-likeness (QED) is 0.697. The molecule has 0 aliphatic rings. The molecule has 20 heavy (non-hydrogen) atoms. The van der Waals surface area contributed by atoms with Crippen molar-refractivity contribution in [2.75, 3.05) is 6.66 Å². The van der Waals surface area contributed by atoms with E-state index in [1.165, 1.54) is 12.7 Å². The van der Waals surface area contributed by atoms with Crippen molar-refractivity contribution in [3.8, 4) is 0 Å². The smallest absolute Gasteiger partial charge is 0.227 e. The Morgan fingerprint density at radius 2 is 1.70 bits per heavy atom. The molecular formula is C16H17O3P. The van der Waals surface area contributed by atoms with Crippen LogP contribution in [0.4, 0.5) is 0 Å². The summed E-state index contributed by atoms with van der Waals surface area (Å²) in [6, 6.07) is 12.1. The number of hydrogen-bond donors (Lipinski definition) is 1. The second-order valence-corrected chi connectivity index (χ2v) is 7.28. The Morgan fingerprint density at radius 1 is 1.05 bits per heavy atom. The minimum absolute atomic E-state index is 0.213. The normalized spacial score (nSPS) is 13.8. The summed E-state index contributed by atoms with van der Waals surface area (Å²) in [5.41, 5.74) is 2.81. The molecule has 2 rings (SSSR count). The summed E-state index contributed by atoms with van der Waals surface area (Å²) < 4.78 is 11.9. The van der Waals surface area contributed by atoms with Gasteiger partial charge in [0.05, 0.1) is 0 Å². The van der Waals surface area contributed by atoms with Gasteiger partial charge in [-0.15, -0.1) is 0 Å². The number of aryl methyl sites for hydroxylation is 2. The molecule has 0 heterocycles. The number of carbonyl (C=O) groups excluding carboxylic acids is 1. The Labute approximate surface area is 118 Å². The molecule has 2 aromatic carbocycles. The molecule has 2 aromatic rings. The van der Waals surface area contributed by atoms with Gasteiger partial charge in [-0.25, -0.2) is 0 Å². The summed E-state index contributed by atoms with van der Waals surface area (Å²) in [5, 5.41) is 0.213. The maximum atomic E-state index is 12.6. The molecule has 0 radical (unpaired) electrons. The van der Waals surface area contributed by atoms with Crippen molar-refractivity contribution in [3.05, 3.63) is 64.7 Å². The van der Waals surface area contributed by atoms with Gasteiger partial charge in [0.2, 0.25) is 7.37 Å². The first kappa shape index (κ1) is 14.7. The fourth-order valence-electron chi connectivity index (χ4n) is 2.24. The zero-order valence-corrected chi connectivity index (χ0v) is 12.6. The van der Waals surface area contributed by atoms with Crippen molar-refractivity contribution < 1.29 is 14.3 Å². The van der Waals surface area contributed by atoms with Crippen LogP contribution in [-0.2, 0) is 4.57 Å². The van der Waals surface area contributed by atoms with E-state index in [2.05, 4.69) is 0 Å². The first-order valence-corrected chi connectivity index (χ1v) is 8.43. The Hall–Kier alpha value is -1.70. The molecule has 0 aliphatic carbocycles. The fourth-order valence-corrected chi connectivity index (χ4v) is 3.23. The van der Waals surface area contributed by atoms with E-state index in [4.69, 9.17) is 0 Å². The second kappa shape index (κ2) is 5.35. The van der Waals surface area contributed by atoms with Crippen LogP contribution in [0.3, 0.4) is 0 Å². The van der Waals surface area contributed by atoms with Crippen molar-refractivity contribution in [1.82, 2.24) is 0 Å². The lowest BCUT2D eigenvalue weighted by Gasteiger charge is -2.12. The average molecular weight is 288 g/mol. The standard InChI is InChI=1S/C16H17O3P/c1-11-8-9-13(12(2)10-11)16(17)14-6-4-5-7-15(14)20(3,18)19/h4-10H,1-3H3,(H,18,19). The highest BCUT2D eigenvalue weighted by Crippen LogP contribution is 2.35.